The molecule has 1 aliphatic rings. The molecule has 6 nitrogen and oxygen atoms in total. The van der Waals surface area contributed by atoms with Gasteiger partial charge in [-0.2, -0.15) is 0 Å². The Kier molecular flexibility index (Phi) is 4.94. The average molecular weight is 364 g/mol. The third-order valence-electron chi connectivity index (χ3n) is 4.27. The predicted molar refractivity (Wildman–Crippen MR) is 90.3 cm³/mol. The summed E-state index contributed by atoms with van der Waals surface area (Å²) < 4.78 is 38.1. The molecule has 8 heteroatoms. The standard InChI is InChI=1S/C18H18F2N2O4/c1-25-14-6-7-15(26-2)16-10(14)8-22(9-13(16)23)18(24)21-17-11(19)4-3-5-12(17)20/h3-7,13,23H,8-9H2,1-2H3,(H,21,24)/t13-/m1/s1. The van der Waals surface area contributed by atoms with Crippen molar-refractivity contribution in [2.24, 2.45) is 0 Å². The summed E-state index contributed by atoms with van der Waals surface area (Å²) in [5, 5.41) is 12.7. The van der Waals surface area contributed by atoms with E-state index in [0.29, 0.717) is 22.6 Å². The molecule has 0 unspecified atom stereocenters. The van der Waals surface area contributed by atoms with E-state index < -0.39 is 29.5 Å². The lowest BCUT2D eigenvalue weighted by Crippen LogP contribution is -2.41. The van der Waals surface area contributed by atoms with E-state index in [9.17, 15) is 18.7 Å². The lowest BCUT2D eigenvalue weighted by atomic mass is 9.95. The minimum atomic E-state index is -1.03. The number of nitrogens with zero attached hydrogens (tertiary/aromatic N) is 1. The van der Waals surface area contributed by atoms with Gasteiger partial charge in [0.05, 0.1) is 27.3 Å². The van der Waals surface area contributed by atoms with E-state index in [1.54, 1.807) is 12.1 Å². The predicted octanol–water partition coefficient (Wildman–Crippen LogP) is 3.06. The number of carbonyl (C=O) groups excluding carboxylic acids is 1. The number of rotatable bonds is 3. The summed E-state index contributed by atoms with van der Waals surface area (Å²) in [4.78, 5) is 13.7. The number of methoxy groups -OCH3 is 2. The van der Waals surface area contributed by atoms with Gasteiger partial charge in [-0.25, -0.2) is 13.6 Å². The molecule has 2 aromatic rings. The number of carbonyl (C=O) groups is 1. The van der Waals surface area contributed by atoms with E-state index in [0.717, 1.165) is 12.1 Å². The van der Waals surface area contributed by atoms with Crippen LogP contribution >= 0.6 is 0 Å². The molecule has 1 aliphatic heterocycles. The Balaban J connectivity index is 1.90. The molecule has 0 saturated heterocycles. The number of nitrogens with one attached hydrogen (secondary N) is 1. The number of para-hydroxylation sites is 1. The van der Waals surface area contributed by atoms with Gasteiger partial charge in [0.15, 0.2) is 0 Å². The second kappa shape index (κ2) is 7.17. The third-order valence-corrected chi connectivity index (χ3v) is 4.27. The number of aliphatic hydroxyl groups is 1. The van der Waals surface area contributed by atoms with Gasteiger partial charge in [0, 0.05) is 11.1 Å². The summed E-state index contributed by atoms with van der Waals surface area (Å²) in [6.45, 7) is 0.0348. The van der Waals surface area contributed by atoms with E-state index in [1.807, 2.05) is 0 Å². The average Bonchev–Trinajstić information content (AvgIpc) is 2.63. The zero-order valence-electron chi connectivity index (χ0n) is 14.3. The van der Waals surface area contributed by atoms with Gasteiger partial charge in [-0.3, -0.25) is 0 Å². The zero-order valence-corrected chi connectivity index (χ0v) is 14.3. The van der Waals surface area contributed by atoms with Crippen molar-refractivity contribution in [3.8, 4) is 11.5 Å². The molecular formula is C18H18F2N2O4. The van der Waals surface area contributed by atoms with Crippen LogP contribution in [0.15, 0.2) is 30.3 Å². The molecule has 26 heavy (non-hydrogen) atoms. The van der Waals surface area contributed by atoms with Gasteiger partial charge >= 0.3 is 6.03 Å². The second-order valence-corrected chi connectivity index (χ2v) is 5.79. The number of fused-ring (bicyclic) bond motifs is 1. The van der Waals surface area contributed by atoms with Crippen LogP contribution in [0.5, 0.6) is 11.5 Å². The summed E-state index contributed by atoms with van der Waals surface area (Å²) in [5.74, 6) is -0.797. The SMILES string of the molecule is COc1ccc(OC)c2c1CN(C(=O)Nc1c(F)cccc1F)C[C@H]2O. The lowest BCUT2D eigenvalue weighted by molar-refractivity contribution is 0.105. The molecule has 0 bridgehead atoms. The first-order chi connectivity index (χ1) is 12.5. The van der Waals surface area contributed by atoms with Crippen LogP contribution in [0.3, 0.4) is 0 Å². The molecule has 0 radical (unpaired) electrons. The Morgan fingerprint density at radius 2 is 1.77 bits per heavy atom. The van der Waals surface area contributed by atoms with E-state index in [4.69, 9.17) is 9.47 Å². The number of hydrogen-bond acceptors (Lipinski definition) is 4. The maximum Gasteiger partial charge on any atom is 0.322 e. The Morgan fingerprint density at radius 1 is 1.15 bits per heavy atom. The van der Waals surface area contributed by atoms with Crippen LogP contribution in [0.25, 0.3) is 0 Å². The van der Waals surface area contributed by atoms with Gasteiger partial charge in [0.25, 0.3) is 0 Å². The monoisotopic (exact) mass is 364 g/mol. The molecule has 0 spiro atoms. The van der Waals surface area contributed by atoms with Gasteiger partial charge in [-0.05, 0) is 24.3 Å². The van der Waals surface area contributed by atoms with Crippen molar-refractivity contribution in [3.63, 3.8) is 0 Å². The van der Waals surface area contributed by atoms with Crippen LogP contribution in [-0.4, -0.2) is 36.8 Å². The molecule has 0 fully saturated rings. The fourth-order valence-electron chi connectivity index (χ4n) is 3.03. The van der Waals surface area contributed by atoms with E-state index in [-0.39, 0.29) is 13.1 Å². The summed E-state index contributed by atoms with van der Waals surface area (Å²) >= 11 is 0. The van der Waals surface area contributed by atoms with Crippen LogP contribution in [0.1, 0.15) is 17.2 Å². The Labute approximate surface area is 148 Å². The van der Waals surface area contributed by atoms with E-state index >= 15 is 0 Å². The molecule has 1 heterocycles. The number of halogens is 2. The van der Waals surface area contributed by atoms with Crippen LogP contribution in [0.4, 0.5) is 19.3 Å². The maximum atomic E-state index is 13.8. The Hall–Kier alpha value is -2.87. The third kappa shape index (κ3) is 3.15. The zero-order chi connectivity index (χ0) is 18.8. The molecule has 2 aromatic carbocycles. The molecule has 0 aliphatic carbocycles. The normalized spacial score (nSPS) is 16.0. The molecule has 0 saturated carbocycles. The van der Waals surface area contributed by atoms with Crippen molar-refractivity contribution >= 4 is 11.7 Å². The topological polar surface area (TPSA) is 71.0 Å². The summed E-state index contributed by atoms with van der Waals surface area (Å²) in [7, 11) is 2.96. The van der Waals surface area contributed by atoms with Crippen LogP contribution < -0.4 is 14.8 Å². The molecule has 138 valence electrons. The summed E-state index contributed by atoms with van der Waals surface area (Å²) in [5.41, 5.74) is 0.582. The number of aliphatic hydroxyl groups excluding tert-OH is 1. The van der Waals surface area contributed by atoms with Gasteiger partial charge in [-0.15, -0.1) is 0 Å². The highest BCUT2D eigenvalue weighted by Crippen LogP contribution is 2.39. The number of β-amino-alcohol motifs (C(OH)–C–C–N with tert-alkyl or cyclic N) is 1. The first kappa shape index (κ1) is 17.9. The van der Waals surface area contributed by atoms with Crippen molar-refractivity contribution in [3.05, 3.63) is 53.1 Å². The fraction of sp³-hybridized carbons (Fsp3) is 0.278. The second-order valence-electron chi connectivity index (χ2n) is 5.79. The van der Waals surface area contributed by atoms with Gasteiger partial charge in [-0.1, -0.05) is 6.07 Å². The molecule has 0 aromatic heterocycles. The molecule has 1 atom stereocenters. The van der Waals surface area contributed by atoms with Crippen molar-refractivity contribution in [2.45, 2.75) is 12.6 Å². The van der Waals surface area contributed by atoms with Crippen molar-refractivity contribution in [1.82, 2.24) is 4.90 Å². The van der Waals surface area contributed by atoms with Gasteiger partial charge in [0.1, 0.15) is 34.9 Å². The first-order valence-corrected chi connectivity index (χ1v) is 7.88. The number of hydrogen-bond donors (Lipinski definition) is 2. The van der Waals surface area contributed by atoms with Gasteiger partial charge < -0.3 is 24.8 Å². The largest absolute Gasteiger partial charge is 0.496 e. The maximum absolute atomic E-state index is 13.8. The van der Waals surface area contributed by atoms with Crippen LogP contribution in [0, 0.1) is 11.6 Å². The van der Waals surface area contributed by atoms with Crippen molar-refractivity contribution < 1.29 is 28.2 Å². The highest BCUT2D eigenvalue weighted by Gasteiger charge is 2.32. The summed E-state index contributed by atoms with van der Waals surface area (Å²) in [6.07, 6.45) is -1.03. The number of anilines is 1. The minimum Gasteiger partial charge on any atom is -0.496 e. The highest BCUT2D eigenvalue weighted by molar-refractivity contribution is 5.90. The van der Waals surface area contributed by atoms with E-state index in [1.165, 1.54) is 25.2 Å². The fourth-order valence-corrected chi connectivity index (χ4v) is 3.03. The van der Waals surface area contributed by atoms with Gasteiger partial charge in [0.2, 0.25) is 0 Å². The molecule has 2 amide bonds. The lowest BCUT2D eigenvalue weighted by Gasteiger charge is -2.34. The Bertz CT molecular complexity index is 824. The number of urea groups is 1. The first-order valence-electron chi connectivity index (χ1n) is 7.88. The summed E-state index contributed by atoms with van der Waals surface area (Å²) in [6, 6.07) is 5.91. The van der Waals surface area contributed by atoms with E-state index in [2.05, 4.69) is 5.32 Å². The quantitative estimate of drug-likeness (QED) is 0.878. The highest BCUT2D eigenvalue weighted by atomic mass is 19.1. The number of amides is 2. The van der Waals surface area contributed by atoms with Crippen LogP contribution in [-0.2, 0) is 6.54 Å². The minimum absolute atomic E-state index is 0.0571. The van der Waals surface area contributed by atoms with Crippen LogP contribution in [0.2, 0.25) is 0 Å². The molecule has 2 N–H and O–H groups in total. The van der Waals surface area contributed by atoms with Crippen molar-refractivity contribution in [1.29, 1.82) is 0 Å². The Morgan fingerprint density at radius 3 is 2.38 bits per heavy atom. The smallest absolute Gasteiger partial charge is 0.322 e. The number of benzene rings is 2. The molecule has 3 rings (SSSR count). The van der Waals surface area contributed by atoms with Crippen molar-refractivity contribution in [2.75, 3.05) is 26.1 Å². The number of ether oxygens (including phenoxy) is 2. The molecular weight excluding hydrogens is 346 g/mol.